The van der Waals surface area contributed by atoms with Gasteiger partial charge in [-0.2, -0.15) is 0 Å². The van der Waals surface area contributed by atoms with Gasteiger partial charge in [-0.05, 0) is 48.2 Å². The second-order valence-electron chi connectivity index (χ2n) is 8.78. The van der Waals surface area contributed by atoms with Crippen LogP contribution in [0, 0.1) is 0 Å². The van der Waals surface area contributed by atoms with Crippen LogP contribution < -0.4 is 10.1 Å². The number of hydrogen-bond donors (Lipinski definition) is 3. The maximum Gasteiger partial charge on any atom is 0.255 e. The van der Waals surface area contributed by atoms with Crippen molar-refractivity contribution in [1.29, 1.82) is 0 Å². The van der Waals surface area contributed by atoms with Crippen molar-refractivity contribution in [2.45, 2.75) is 31.2 Å². The number of rotatable bonds is 9. The van der Waals surface area contributed by atoms with Gasteiger partial charge in [0.15, 0.2) is 0 Å². The van der Waals surface area contributed by atoms with Gasteiger partial charge in [0.1, 0.15) is 24.2 Å². The lowest BCUT2D eigenvalue weighted by Crippen LogP contribution is -2.46. The van der Waals surface area contributed by atoms with Gasteiger partial charge in [-0.1, -0.05) is 17.7 Å². The smallest absolute Gasteiger partial charge is 0.255 e. The molecule has 0 aromatic heterocycles. The first-order chi connectivity index (χ1) is 16.4. The van der Waals surface area contributed by atoms with E-state index in [0.717, 1.165) is 36.5 Å². The minimum Gasteiger partial charge on any atom is -0.508 e. The number of carbonyl (C=O) groups excluding carboxylic acids is 1. The van der Waals surface area contributed by atoms with Crippen LogP contribution in [0.4, 0.5) is 0 Å². The molecule has 4 rings (SSSR count). The molecule has 1 spiro atoms. The molecule has 3 N–H and O–H groups in total. The number of benzene rings is 2. The number of methoxy groups -OCH3 is 1. The molecule has 1 atom stereocenters. The van der Waals surface area contributed by atoms with Gasteiger partial charge >= 0.3 is 0 Å². The maximum absolute atomic E-state index is 12.4. The fourth-order valence-electron chi connectivity index (χ4n) is 4.65. The van der Waals surface area contributed by atoms with Crippen LogP contribution in [0.2, 0.25) is 5.02 Å². The monoisotopic (exact) mass is 490 g/mol. The highest BCUT2D eigenvalue weighted by molar-refractivity contribution is 6.30. The first kappa shape index (κ1) is 24.8. The number of aliphatic hydroxyl groups excluding tert-OH is 1. The van der Waals surface area contributed by atoms with Crippen LogP contribution in [0.1, 0.15) is 34.3 Å². The molecule has 9 heteroatoms. The summed E-state index contributed by atoms with van der Waals surface area (Å²) in [7, 11) is 1.56. The molecule has 2 aliphatic heterocycles. The summed E-state index contributed by atoms with van der Waals surface area (Å²) in [5.74, 6) is -0.125. The molecule has 2 aromatic rings. The van der Waals surface area contributed by atoms with Gasteiger partial charge in [0.05, 0.1) is 24.4 Å². The Labute approximate surface area is 204 Å². The molecule has 1 saturated heterocycles. The molecular formula is C25H31ClN2O6. The number of aromatic hydroxyl groups is 1. The summed E-state index contributed by atoms with van der Waals surface area (Å²) in [5.41, 5.74) is 2.39. The van der Waals surface area contributed by atoms with Gasteiger partial charge in [0, 0.05) is 44.4 Å². The summed E-state index contributed by atoms with van der Waals surface area (Å²) in [6.07, 6.45) is 0.928. The molecule has 1 amide bonds. The molecule has 2 aromatic carbocycles. The van der Waals surface area contributed by atoms with Crippen molar-refractivity contribution >= 4 is 17.5 Å². The Morgan fingerprint density at radius 2 is 2.06 bits per heavy atom. The van der Waals surface area contributed by atoms with Gasteiger partial charge in [-0.25, -0.2) is 0 Å². The van der Waals surface area contributed by atoms with Crippen LogP contribution >= 0.6 is 11.6 Å². The zero-order valence-corrected chi connectivity index (χ0v) is 20.0. The lowest BCUT2D eigenvalue weighted by molar-refractivity contribution is -0.0835. The largest absolute Gasteiger partial charge is 0.508 e. The Hall–Kier alpha value is -2.36. The summed E-state index contributed by atoms with van der Waals surface area (Å²) in [5, 5.41) is 23.9. The first-order valence-corrected chi connectivity index (χ1v) is 11.8. The molecule has 2 aliphatic rings. The molecule has 0 saturated carbocycles. The highest BCUT2D eigenvalue weighted by Gasteiger charge is 2.42. The average Bonchev–Trinajstić information content (AvgIpc) is 3.16. The van der Waals surface area contributed by atoms with Crippen LogP contribution in [0.25, 0.3) is 0 Å². The third-order valence-corrected chi connectivity index (χ3v) is 6.66. The molecule has 2 heterocycles. The minimum absolute atomic E-state index is 0.00127. The number of β-amino-alcohol motifs (C(OH)–C–C–N with tert-alkyl or cyclic N) is 1. The van der Waals surface area contributed by atoms with Crippen molar-refractivity contribution in [3.8, 4) is 11.5 Å². The summed E-state index contributed by atoms with van der Waals surface area (Å²) in [6, 6.07) is 10.3. The van der Waals surface area contributed by atoms with E-state index in [4.69, 9.17) is 25.8 Å². The number of phenols is 1. The van der Waals surface area contributed by atoms with E-state index in [2.05, 4.69) is 16.3 Å². The number of halogens is 1. The average molecular weight is 491 g/mol. The molecule has 8 nitrogen and oxygen atoms in total. The molecule has 0 radical (unpaired) electrons. The number of nitrogens with zero attached hydrogens (tertiary/aromatic N) is 1. The van der Waals surface area contributed by atoms with Crippen molar-refractivity contribution in [2.75, 3.05) is 46.5 Å². The number of nitrogens with one attached hydrogen (secondary N) is 1. The third kappa shape index (κ3) is 5.64. The topological polar surface area (TPSA) is 100 Å². The van der Waals surface area contributed by atoms with Gasteiger partial charge in [0.2, 0.25) is 0 Å². The van der Waals surface area contributed by atoms with Crippen LogP contribution in [0.3, 0.4) is 0 Å². The van der Waals surface area contributed by atoms with E-state index in [0.29, 0.717) is 26.3 Å². The maximum atomic E-state index is 12.4. The van der Waals surface area contributed by atoms with E-state index in [1.807, 2.05) is 12.1 Å². The number of phenolic OH excluding ortho intramolecular Hbond substituents is 1. The van der Waals surface area contributed by atoms with E-state index >= 15 is 0 Å². The van der Waals surface area contributed by atoms with Crippen molar-refractivity contribution < 1.29 is 29.2 Å². The van der Waals surface area contributed by atoms with Crippen LogP contribution in [-0.2, 0) is 21.7 Å². The Bertz CT molecular complexity index is 1010. The highest BCUT2D eigenvalue weighted by Crippen LogP contribution is 2.44. The standard InChI is InChI=1S/C25H31ClN2O6/c1-32-11-8-27-24(31)21-4-3-19(29)13-23(21)33-16-20(30)14-28-9-6-25(7-10-28)22-5-2-18(26)12-17(22)15-34-25/h2-5,12-13,20,29-30H,6-11,14-16H2,1H3,(H,27,31)/t20-/m1/s1. The second-order valence-corrected chi connectivity index (χ2v) is 9.22. The zero-order valence-electron chi connectivity index (χ0n) is 19.3. The van der Waals surface area contributed by atoms with E-state index in [9.17, 15) is 15.0 Å². The predicted molar refractivity (Wildman–Crippen MR) is 127 cm³/mol. The number of fused-ring (bicyclic) bond motifs is 2. The van der Waals surface area contributed by atoms with Crippen molar-refractivity contribution in [2.24, 2.45) is 0 Å². The molecule has 0 bridgehead atoms. The first-order valence-electron chi connectivity index (χ1n) is 11.5. The normalized spacial score (nSPS) is 18.0. The SMILES string of the molecule is COCCNC(=O)c1ccc(O)cc1OC[C@H](O)CN1CCC2(CC1)OCc1cc(Cl)ccc12. The van der Waals surface area contributed by atoms with Gasteiger partial charge in [-0.3, -0.25) is 4.79 Å². The Balaban J connectivity index is 1.29. The molecule has 0 aliphatic carbocycles. The van der Waals surface area contributed by atoms with Crippen molar-refractivity contribution in [1.82, 2.24) is 10.2 Å². The third-order valence-electron chi connectivity index (χ3n) is 6.43. The number of piperidine rings is 1. The molecule has 0 unspecified atom stereocenters. The van der Waals surface area contributed by atoms with E-state index in [1.54, 1.807) is 7.11 Å². The lowest BCUT2D eigenvalue weighted by Gasteiger charge is -2.39. The Morgan fingerprint density at radius 1 is 1.26 bits per heavy atom. The Morgan fingerprint density at radius 3 is 2.82 bits per heavy atom. The summed E-state index contributed by atoms with van der Waals surface area (Å²) in [4.78, 5) is 14.6. The van der Waals surface area contributed by atoms with Gasteiger partial charge in [0.25, 0.3) is 5.91 Å². The number of likely N-dealkylation sites (tertiary alicyclic amines) is 1. The summed E-state index contributed by atoms with van der Waals surface area (Å²) >= 11 is 6.12. The Kier molecular flexibility index (Phi) is 7.95. The molecule has 1 fully saturated rings. The second kappa shape index (κ2) is 10.9. The zero-order chi connectivity index (χ0) is 24.1. The van der Waals surface area contributed by atoms with Crippen LogP contribution in [-0.4, -0.2) is 73.6 Å². The van der Waals surface area contributed by atoms with Gasteiger partial charge in [-0.15, -0.1) is 0 Å². The van der Waals surface area contributed by atoms with E-state index in [1.165, 1.54) is 23.8 Å². The molecule has 34 heavy (non-hydrogen) atoms. The number of amides is 1. The minimum atomic E-state index is -0.753. The van der Waals surface area contributed by atoms with E-state index < -0.39 is 6.10 Å². The number of aliphatic hydroxyl groups is 1. The van der Waals surface area contributed by atoms with Crippen LogP contribution in [0.15, 0.2) is 36.4 Å². The lowest BCUT2D eigenvalue weighted by atomic mass is 9.84. The fraction of sp³-hybridized carbons (Fsp3) is 0.480. The highest BCUT2D eigenvalue weighted by atomic mass is 35.5. The predicted octanol–water partition coefficient (Wildman–Crippen LogP) is 2.68. The summed E-state index contributed by atoms with van der Waals surface area (Å²) in [6.45, 7) is 3.35. The fourth-order valence-corrected chi connectivity index (χ4v) is 4.84. The van der Waals surface area contributed by atoms with Gasteiger partial charge < -0.3 is 34.6 Å². The number of carbonyl (C=O) groups is 1. The quantitative estimate of drug-likeness (QED) is 0.465. The summed E-state index contributed by atoms with van der Waals surface area (Å²) < 4.78 is 16.9. The van der Waals surface area contributed by atoms with Crippen molar-refractivity contribution in [3.05, 3.63) is 58.1 Å². The van der Waals surface area contributed by atoms with Crippen molar-refractivity contribution in [3.63, 3.8) is 0 Å². The van der Waals surface area contributed by atoms with E-state index in [-0.39, 0.29) is 35.2 Å². The number of ether oxygens (including phenoxy) is 3. The molecular weight excluding hydrogens is 460 g/mol. The number of hydrogen-bond acceptors (Lipinski definition) is 7. The van der Waals surface area contributed by atoms with Crippen LogP contribution in [0.5, 0.6) is 11.5 Å². The molecule has 184 valence electrons.